The number of rotatable bonds is 25. The van der Waals surface area contributed by atoms with E-state index >= 15 is 0 Å². The van der Waals surface area contributed by atoms with E-state index in [1.807, 2.05) is 57.2 Å². The first kappa shape index (κ1) is 57.9. The van der Waals surface area contributed by atoms with Gasteiger partial charge in [0.25, 0.3) is 0 Å². The van der Waals surface area contributed by atoms with Crippen LogP contribution in [0.3, 0.4) is 0 Å². The summed E-state index contributed by atoms with van der Waals surface area (Å²) in [5, 5.41) is 16.0. The van der Waals surface area contributed by atoms with E-state index in [-0.39, 0.29) is 94.3 Å². The second-order valence-corrected chi connectivity index (χ2v) is 24.7. The Labute approximate surface area is 449 Å². The van der Waals surface area contributed by atoms with E-state index in [1.54, 1.807) is 76.0 Å². The molecule has 19 nitrogen and oxygen atoms in total. The Morgan fingerprint density at radius 2 is 1.53 bits per heavy atom. The first-order valence-corrected chi connectivity index (χ1v) is 28.3. The number of carbonyl (C=O) groups excluding carboxylic acids is 4. The van der Waals surface area contributed by atoms with Gasteiger partial charge >= 0.3 is 0 Å². The van der Waals surface area contributed by atoms with Crippen molar-refractivity contribution < 1.29 is 51.3 Å². The number of hydrogen-bond donors (Lipinski definition) is 5. The molecule has 2 unspecified atom stereocenters. The van der Waals surface area contributed by atoms with Gasteiger partial charge < -0.3 is 55.2 Å². The Balaban J connectivity index is 0.815. The average Bonchev–Trinajstić information content (AvgIpc) is 4.06. The van der Waals surface area contributed by atoms with Gasteiger partial charge in [-0.15, -0.1) is 11.3 Å². The monoisotopic (exact) mass is 1090 g/mol. The lowest BCUT2D eigenvalue weighted by Gasteiger charge is -2.36. The number of nitrogens with one attached hydrogen (secondary N) is 5. The summed E-state index contributed by atoms with van der Waals surface area (Å²) < 4.78 is 56.4. The molecule has 3 heterocycles. The van der Waals surface area contributed by atoms with Crippen molar-refractivity contribution in [1.29, 1.82) is 0 Å². The first-order chi connectivity index (χ1) is 36.2. The number of aryl methyl sites for hydroxylation is 1. The lowest BCUT2D eigenvalue weighted by Crippen LogP contribution is -2.59. The minimum atomic E-state index is -3.83. The number of pyridine rings is 1. The zero-order valence-corrected chi connectivity index (χ0v) is 46.5. The molecule has 5 N–H and O–H groups in total. The highest BCUT2D eigenvalue weighted by molar-refractivity contribution is 7.92. The average molecular weight is 1090 g/mol. The first-order valence-electron chi connectivity index (χ1n) is 25.9. The van der Waals surface area contributed by atoms with Gasteiger partial charge in [0.15, 0.2) is 9.84 Å². The fraction of sp³-hybridized carbons (Fsp3) is 0.527. The van der Waals surface area contributed by atoms with Gasteiger partial charge in [0.05, 0.1) is 84.3 Å². The molecule has 3 aromatic carbocycles. The molecular formula is C55H74N8O11S2. The largest absolute Gasteiger partial charge is 0.490 e. The van der Waals surface area contributed by atoms with E-state index in [0.717, 1.165) is 40.7 Å². The standard InChI is InChI=1S/C55H74N8O11S2/c1-35(56-8)51(65)62-50(54(2,3)4)53(67)63-32-38(29-45(63)52(66)61-41-15-11-13-36-12-9-10-14-39(36)41)60-49(64)33-73-25-24-71-21-20-70-22-23-72-26-27-74-46-31-43-40(30-48(46)76(68,69)55(5,6)7)42(18-19-57-43)59-37-16-17-47-44(28-37)58-34-75-47/h9-10,12,14,16-19,28,30-31,34-35,38,41,45,50,56H,11,13,15,20-27,29,32-33H2,1-8H3,(H,57,59)(H,60,64)(H,61,66)(H,62,65)/t35?,38-,41+,45-,50?/m0/s1. The molecule has 2 aliphatic rings. The van der Waals surface area contributed by atoms with E-state index in [9.17, 15) is 27.6 Å². The molecule has 21 heteroatoms. The third-order valence-corrected chi connectivity index (χ3v) is 16.8. The summed E-state index contributed by atoms with van der Waals surface area (Å²) in [6.07, 6.45) is 4.47. The van der Waals surface area contributed by atoms with Crippen molar-refractivity contribution in [2.75, 3.05) is 78.4 Å². The second kappa shape index (κ2) is 26.0. The van der Waals surface area contributed by atoms with Gasteiger partial charge in [-0.2, -0.15) is 0 Å². The topological polar surface area (TPSA) is 238 Å². The minimum Gasteiger partial charge on any atom is -0.490 e. The zero-order chi connectivity index (χ0) is 54.6. The predicted octanol–water partition coefficient (Wildman–Crippen LogP) is 6.02. The number of likely N-dealkylation sites (tertiary alicyclic amines) is 1. The molecule has 0 bridgehead atoms. The highest BCUT2D eigenvalue weighted by atomic mass is 32.2. The van der Waals surface area contributed by atoms with Crippen molar-refractivity contribution in [3.63, 3.8) is 0 Å². The molecule has 1 aliphatic carbocycles. The normalized spacial score (nSPS) is 17.7. The van der Waals surface area contributed by atoms with Gasteiger partial charge in [0.2, 0.25) is 23.6 Å². The maximum atomic E-state index is 14.4. The van der Waals surface area contributed by atoms with Crippen LogP contribution in [0.25, 0.3) is 21.1 Å². The van der Waals surface area contributed by atoms with E-state index in [0.29, 0.717) is 23.2 Å². The third kappa shape index (κ3) is 14.8. The van der Waals surface area contributed by atoms with Crippen LogP contribution in [-0.4, -0.2) is 149 Å². The number of nitrogens with zero attached hydrogens (tertiary/aromatic N) is 3. The molecule has 412 valence electrons. The Kier molecular flexibility index (Phi) is 19.8. The summed E-state index contributed by atoms with van der Waals surface area (Å²) in [4.78, 5) is 65.2. The Morgan fingerprint density at radius 1 is 0.829 bits per heavy atom. The number of anilines is 2. The smallest absolute Gasteiger partial charge is 0.246 e. The van der Waals surface area contributed by atoms with Crippen molar-refractivity contribution in [2.24, 2.45) is 5.41 Å². The molecule has 7 rings (SSSR count). The molecule has 5 atom stereocenters. The number of sulfone groups is 1. The number of likely N-dealkylation sites (N-methyl/N-ethyl adjacent to an activating group) is 1. The number of hydrogen-bond acceptors (Lipinski definition) is 16. The number of aromatic nitrogens is 2. The summed E-state index contributed by atoms with van der Waals surface area (Å²) in [7, 11) is -2.17. The van der Waals surface area contributed by atoms with Crippen LogP contribution in [0.2, 0.25) is 0 Å². The molecule has 1 saturated heterocycles. The zero-order valence-electron chi connectivity index (χ0n) is 44.9. The molecule has 0 saturated carbocycles. The molecule has 4 amide bonds. The van der Waals surface area contributed by atoms with Crippen LogP contribution in [-0.2, 0) is 54.4 Å². The van der Waals surface area contributed by atoms with Crippen molar-refractivity contribution >= 4 is 77.3 Å². The maximum absolute atomic E-state index is 14.4. The van der Waals surface area contributed by atoms with Crippen molar-refractivity contribution in [3.05, 3.63) is 83.5 Å². The van der Waals surface area contributed by atoms with Crippen LogP contribution in [0.1, 0.15) is 84.9 Å². The number of benzene rings is 3. The Bertz CT molecular complexity index is 2920. The van der Waals surface area contributed by atoms with E-state index in [1.165, 1.54) is 10.5 Å². The van der Waals surface area contributed by atoms with Crippen LogP contribution < -0.4 is 31.3 Å². The number of amides is 4. The molecule has 5 aromatic rings. The lowest BCUT2D eigenvalue weighted by atomic mass is 9.85. The summed E-state index contributed by atoms with van der Waals surface area (Å²) in [5.41, 5.74) is 6.30. The summed E-state index contributed by atoms with van der Waals surface area (Å²) >= 11 is 1.56. The van der Waals surface area contributed by atoms with Gasteiger partial charge in [-0.25, -0.2) is 13.4 Å². The summed E-state index contributed by atoms with van der Waals surface area (Å²) in [6, 6.07) is 15.9. The van der Waals surface area contributed by atoms with Gasteiger partial charge in [-0.05, 0) is 107 Å². The van der Waals surface area contributed by atoms with E-state index < -0.39 is 56.0 Å². The Morgan fingerprint density at radius 3 is 2.22 bits per heavy atom. The van der Waals surface area contributed by atoms with E-state index in [2.05, 4.69) is 42.6 Å². The molecule has 0 spiro atoms. The van der Waals surface area contributed by atoms with Crippen LogP contribution >= 0.6 is 11.3 Å². The SMILES string of the molecule is CNC(C)C(=O)NC(C(=O)N1C[C@@H](NC(=O)COCCOCCOCCOCCOc2cc3nccc(Nc4ccc5scnc5c4)c3cc2S(=O)(=O)C(C)(C)C)C[C@H]1C(=O)N[C@@H]1CCCc2ccccc21)C(C)(C)C. The van der Waals surface area contributed by atoms with Gasteiger partial charge in [-0.3, -0.25) is 24.2 Å². The Hall–Kier alpha value is -5.81. The number of thiazole rings is 1. The molecule has 1 fully saturated rings. The fourth-order valence-electron chi connectivity index (χ4n) is 9.13. The lowest BCUT2D eigenvalue weighted by molar-refractivity contribution is -0.144. The highest BCUT2D eigenvalue weighted by Crippen LogP contribution is 2.38. The summed E-state index contributed by atoms with van der Waals surface area (Å²) in [5.74, 6) is -1.25. The molecule has 76 heavy (non-hydrogen) atoms. The molecule has 0 radical (unpaired) electrons. The van der Waals surface area contributed by atoms with E-state index in [4.69, 9.17) is 23.7 Å². The second-order valence-electron chi connectivity index (χ2n) is 21.2. The maximum Gasteiger partial charge on any atom is 0.246 e. The van der Waals surface area contributed by atoms with Gasteiger partial charge in [-0.1, -0.05) is 45.0 Å². The number of ether oxygens (including phenoxy) is 5. The minimum absolute atomic E-state index is 0.0627. The molecular weight excluding hydrogens is 1010 g/mol. The van der Waals surface area contributed by atoms with Crippen LogP contribution in [0, 0.1) is 5.41 Å². The number of carbonyl (C=O) groups is 4. The van der Waals surface area contributed by atoms with Crippen molar-refractivity contribution in [2.45, 2.75) is 114 Å². The fourth-order valence-corrected chi connectivity index (χ4v) is 11.1. The molecule has 2 aromatic heterocycles. The highest BCUT2D eigenvalue weighted by Gasteiger charge is 2.46. The van der Waals surface area contributed by atoms with Crippen molar-refractivity contribution in [3.8, 4) is 5.75 Å². The van der Waals surface area contributed by atoms with Gasteiger partial charge in [0.1, 0.15) is 35.9 Å². The van der Waals surface area contributed by atoms with Crippen LogP contribution in [0.15, 0.2) is 77.3 Å². The van der Waals surface area contributed by atoms with Gasteiger partial charge in [0, 0.05) is 41.6 Å². The summed E-state index contributed by atoms with van der Waals surface area (Å²) in [6.45, 7) is 13.9. The number of fused-ring (bicyclic) bond motifs is 3. The quantitative estimate of drug-likeness (QED) is 0.0420. The third-order valence-electron chi connectivity index (χ3n) is 13.5. The van der Waals surface area contributed by atoms with Crippen LogP contribution in [0.4, 0.5) is 11.4 Å². The predicted molar refractivity (Wildman–Crippen MR) is 293 cm³/mol. The van der Waals surface area contributed by atoms with Crippen molar-refractivity contribution in [1.82, 2.24) is 36.1 Å². The molecule has 1 aliphatic heterocycles. The van der Waals surface area contributed by atoms with Crippen LogP contribution in [0.5, 0.6) is 5.75 Å².